The van der Waals surface area contributed by atoms with E-state index in [1.807, 2.05) is 38.1 Å². The van der Waals surface area contributed by atoms with E-state index < -0.39 is 11.8 Å². The van der Waals surface area contributed by atoms with E-state index in [2.05, 4.69) is 10.6 Å². The molecule has 0 aliphatic carbocycles. The number of rotatable bonds is 6. The molecule has 2 amide bonds. The van der Waals surface area contributed by atoms with Crippen molar-refractivity contribution in [3.63, 3.8) is 0 Å². The summed E-state index contributed by atoms with van der Waals surface area (Å²) in [5.41, 5.74) is 0.904. The second-order valence-corrected chi connectivity index (χ2v) is 5.84. The number of carbonyl (C=O) groups is 2. The summed E-state index contributed by atoms with van der Waals surface area (Å²) in [6.45, 7) is 5.33. The molecule has 1 aromatic carbocycles. The molecule has 0 aromatic heterocycles. The van der Waals surface area contributed by atoms with Gasteiger partial charge in [-0.25, -0.2) is 0 Å². The fourth-order valence-electron chi connectivity index (χ4n) is 2.31. The fraction of sp³-hybridized carbons (Fsp3) is 0.529. The van der Waals surface area contributed by atoms with Crippen molar-refractivity contribution in [1.82, 2.24) is 10.6 Å². The Bertz CT molecular complexity index is 522. The van der Waals surface area contributed by atoms with Crippen LogP contribution in [0.4, 0.5) is 0 Å². The van der Waals surface area contributed by atoms with Crippen molar-refractivity contribution >= 4 is 11.8 Å². The number of hydrogen-bond acceptors (Lipinski definition) is 4. The summed E-state index contributed by atoms with van der Waals surface area (Å²) in [5, 5.41) is 5.20. The molecule has 1 fully saturated rings. The minimum Gasteiger partial charge on any atom is -0.491 e. The molecule has 2 N–H and O–H groups in total. The van der Waals surface area contributed by atoms with Gasteiger partial charge in [0.1, 0.15) is 5.75 Å². The van der Waals surface area contributed by atoms with Crippen molar-refractivity contribution in [2.75, 3.05) is 13.2 Å². The minimum atomic E-state index is -0.634. The monoisotopic (exact) mass is 320 g/mol. The molecule has 0 bridgehead atoms. The maximum atomic E-state index is 11.7. The molecule has 1 saturated heterocycles. The van der Waals surface area contributed by atoms with Gasteiger partial charge in [-0.05, 0) is 44.4 Å². The van der Waals surface area contributed by atoms with Gasteiger partial charge in [0.25, 0.3) is 0 Å². The smallest absolute Gasteiger partial charge is 0.309 e. The summed E-state index contributed by atoms with van der Waals surface area (Å²) in [7, 11) is 0. The Labute approximate surface area is 136 Å². The maximum absolute atomic E-state index is 11.7. The van der Waals surface area contributed by atoms with E-state index in [0.717, 1.165) is 30.8 Å². The van der Waals surface area contributed by atoms with Gasteiger partial charge in [0.2, 0.25) is 0 Å². The molecule has 0 radical (unpaired) electrons. The van der Waals surface area contributed by atoms with Crippen LogP contribution in [0.25, 0.3) is 0 Å². The van der Waals surface area contributed by atoms with E-state index in [0.29, 0.717) is 13.1 Å². The summed E-state index contributed by atoms with van der Waals surface area (Å²) in [5.74, 6) is -0.477. The predicted octanol–water partition coefficient (Wildman–Crippen LogP) is 1.39. The molecule has 1 heterocycles. The largest absolute Gasteiger partial charge is 0.491 e. The first-order valence-corrected chi connectivity index (χ1v) is 7.98. The molecular formula is C17H24N2O4. The lowest BCUT2D eigenvalue weighted by atomic mass is 10.2. The molecular weight excluding hydrogens is 296 g/mol. The van der Waals surface area contributed by atoms with Crippen LogP contribution in [0.3, 0.4) is 0 Å². The molecule has 0 unspecified atom stereocenters. The van der Waals surface area contributed by atoms with Gasteiger partial charge in [0.05, 0.1) is 12.2 Å². The highest BCUT2D eigenvalue weighted by Crippen LogP contribution is 2.13. The average molecular weight is 320 g/mol. The normalized spacial score (nSPS) is 17.1. The van der Waals surface area contributed by atoms with E-state index in [9.17, 15) is 9.59 Å². The zero-order valence-electron chi connectivity index (χ0n) is 13.6. The van der Waals surface area contributed by atoms with Crippen molar-refractivity contribution in [3.8, 4) is 5.75 Å². The number of ether oxygens (including phenoxy) is 2. The van der Waals surface area contributed by atoms with Crippen molar-refractivity contribution in [2.24, 2.45) is 0 Å². The Kier molecular flexibility index (Phi) is 6.40. The van der Waals surface area contributed by atoms with Crippen LogP contribution in [0.5, 0.6) is 5.75 Å². The molecule has 0 saturated carbocycles. The lowest BCUT2D eigenvalue weighted by Crippen LogP contribution is -2.42. The molecule has 23 heavy (non-hydrogen) atoms. The van der Waals surface area contributed by atoms with Crippen LogP contribution in [0, 0.1) is 0 Å². The Hall–Kier alpha value is -2.08. The van der Waals surface area contributed by atoms with Gasteiger partial charge in [0.15, 0.2) is 0 Å². The third-order valence-corrected chi connectivity index (χ3v) is 3.47. The van der Waals surface area contributed by atoms with Gasteiger partial charge in [-0.2, -0.15) is 0 Å². The molecule has 1 aliphatic rings. The highest BCUT2D eigenvalue weighted by atomic mass is 16.5. The molecule has 1 aromatic rings. The Balaban J connectivity index is 1.71. The Morgan fingerprint density at radius 1 is 1.22 bits per heavy atom. The number of hydrogen-bond donors (Lipinski definition) is 2. The van der Waals surface area contributed by atoms with Gasteiger partial charge in [-0.3, -0.25) is 9.59 Å². The van der Waals surface area contributed by atoms with E-state index >= 15 is 0 Å². The lowest BCUT2D eigenvalue weighted by molar-refractivity contribution is -0.139. The zero-order chi connectivity index (χ0) is 16.7. The first-order chi connectivity index (χ1) is 11.0. The molecule has 6 heteroatoms. The summed E-state index contributed by atoms with van der Waals surface area (Å²) < 4.78 is 10.9. The van der Waals surface area contributed by atoms with Crippen LogP contribution in [0.1, 0.15) is 32.3 Å². The maximum Gasteiger partial charge on any atom is 0.309 e. The quantitative estimate of drug-likeness (QED) is 0.777. The Morgan fingerprint density at radius 3 is 2.52 bits per heavy atom. The predicted molar refractivity (Wildman–Crippen MR) is 86.0 cm³/mol. The molecule has 2 rings (SSSR count). The SMILES string of the molecule is CC(C)Oc1ccc(CNC(=O)C(=O)NC[C@H]2CCCO2)cc1. The second kappa shape index (κ2) is 8.53. The third-order valence-electron chi connectivity index (χ3n) is 3.47. The summed E-state index contributed by atoms with van der Waals surface area (Å²) in [6, 6.07) is 7.42. The zero-order valence-corrected chi connectivity index (χ0v) is 13.6. The average Bonchev–Trinajstić information content (AvgIpc) is 3.04. The highest BCUT2D eigenvalue weighted by molar-refractivity contribution is 6.35. The Morgan fingerprint density at radius 2 is 1.91 bits per heavy atom. The van der Waals surface area contributed by atoms with E-state index in [1.165, 1.54) is 0 Å². The van der Waals surface area contributed by atoms with Gasteiger partial charge in [-0.1, -0.05) is 12.1 Å². The first-order valence-electron chi connectivity index (χ1n) is 7.98. The molecule has 0 spiro atoms. The fourth-order valence-corrected chi connectivity index (χ4v) is 2.31. The second-order valence-electron chi connectivity index (χ2n) is 5.84. The first kappa shape index (κ1) is 17.3. The highest BCUT2D eigenvalue weighted by Gasteiger charge is 2.19. The van der Waals surface area contributed by atoms with Gasteiger partial charge >= 0.3 is 11.8 Å². The van der Waals surface area contributed by atoms with Crippen LogP contribution in [-0.2, 0) is 20.9 Å². The topological polar surface area (TPSA) is 76.7 Å². The third kappa shape index (κ3) is 5.90. The molecule has 1 aliphatic heterocycles. The van der Waals surface area contributed by atoms with Crippen molar-refractivity contribution in [2.45, 2.75) is 45.4 Å². The van der Waals surface area contributed by atoms with Gasteiger partial charge in [-0.15, -0.1) is 0 Å². The molecule has 6 nitrogen and oxygen atoms in total. The van der Waals surface area contributed by atoms with Crippen molar-refractivity contribution in [3.05, 3.63) is 29.8 Å². The van der Waals surface area contributed by atoms with Gasteiger partial charge in [0, 0.05) is 19.7 Å². The number of amides is 2. The van der Waals surface area contributed by atoms with Gasteiger partial charge < -0.3 is 20.1 Å². The van der Waals surface area contributed by atoms with Crippen LogP contribution in [0.2, 0.25) is 0 Å². The van der Waals surface area contributed by atoms with Crippen LogP contribution < -0.4 is 15.4 Å². The van der Waals surface area contributed by atoms with Crippen molar-refractivity contribution < 1.29 is 19.1 Å². The van der Waals surface area contributed by atoms with Crippen LogP contribution in [-0.4, -0.2) is 37.2 Å². The number of carbonyl (C=O) groups excluding carboxylic acids is 2. The van der Waals surface area contributed by atoms with E-state index in [-0.39, 0.29) is 12.2 Å². The summed E-state index contributed by atoms with van der Waals surface area (Å²) >= 11 is 0. The van der Waals surface area contributed by atoms with Crippen LogP contribution in [0.15, 0.2) is 24.3 Å². The minimum absolute atomic E-state index is 0.0280. The lowest BCUT2D eigenvalue weighted by Gasteiger charge is -2.11. The molecule has 1 atom stereocenters. The standard InChI is InChI=1S/C17H24N2O4/c1-12(2)23-14-7-5-13(6-8-14)10-18-16(20)17(21)19-11-15-4-3-9-22-15/h5-8,12,15H,3-4,9-11H2,1-2H3,(H,18,20)(H,19,21)/t15-/m1/s1. The van der Waals surface area contributed by atoms with Crippen molar-refractivity contribution in [1.29, 1.82) is 0 Å². The summed E-state index contributed by atoms with van der Waals surface area (Å²) in [6.07, 6.45) is 2.07. The molecule has 126 valence electrons. The number of benzene rings is 1. The van der Waals surface area contributed by atoms with Crippen LogP contribution >= 0.6 is 0 Å². The van der Waals surface area contributed by atoms with E-state index in [1.54, 1.807) is 0 Å². The van der Waals surface area contributed by atoms with E-state index in [4.69, 9.17) is 9.47 Å². The number of nitrogens with one attached hydrogen (secondary N) is 2. The summed E-state index contributed by atoms with van der Waals surface area (Å²) in [4.78, 5) is 23.4.